The molecule has 0 fully saturated rings. The first kappa shape index (κ1) is 23.7. The van der Waals surface area contributed by atoms with Crippen LogP contribution in [-0.4, -0.2) is 6.54 Å². The van der Waals surface area contributed by atoms with Gasteiger partial charge in [-0.3, -0.25) is 0 Å². The highest BCUT2D eigenvalue weighted by Gasteiger charge is 1.93. The van der Waals surface area contributed by atoms with Gasteiger partial charge in [-0.15, -0.1) is 0 Å². The van der Waals surface area contributed by atoms with Crippen molar-refractivity contribution in [2.75, 3.05) is 6.54 Å². The fourth-order valence-corrected chi connectivity index (χ4v) is 3.28. The Morgan fingerprint density at radius 1 is 0.458 bits per heavy atom. The summed E-state index contributed by atoms with van der Waals surface area (Å²) in [5.74, 6) is 0. The third kappa shape index (κ3) is 21.7. The Hall–Kier alpha value is -0.300. The zero-order valence-electron chi connectivity index (χ0n) is 16.9. The molecular weight excluding hydrogens is 290 g/mol. The van der Waals surface area contributed by atoms with Gasteiger partial charge in [0.15, 0.2) is 0 Å². The van der Waals surface area contributed by atoms with Gasteiger partial charge < -0.3 is 5.73 Å². The molecule has 0 aliphatic heterocycles. The average molecular weight is 338 g/mol. The van der Waals surface area contributed by atoms with E-state index < -0.39 is 0 Å². The van der Waals surface area contributed by atoms with Crippen molar-refractivity contribution in [3.8, 4) is 0 Å². The van der Waals surface area contributed by atoms with Gasteiger partial charge >= 0.3 is 0 Å². The molecule has 0 aliphatic carbocycles. The smallest absolute Gasteiger partial charge is 0.00773 e. The fraction of sp³-hybridized carbons (Fsp3) is 0.913. The van der Waals surface area contributed by atoms with Gasteiger partial charge in [0, 0.05) is 0 Å². The van der Waals surface area contributed by atoms with Crippen LogP contribution in [0, 0.1) is 0 Å². The van der Waals surface area contributed by atoms with Crippen molar-refractivity contribution < 1.29 is 0 Å². The van der Waals surface area contributed by atoms with Crippen LogP contribution in [0.15, 0.2) is 12.2 Å². The SMILES string of the molecule is CCCCCCCCCCCCCCC/C=C/CCCCCCN. The predicted molar refractivity (Wildman–Crippen MR) is 112 cm³/mol. The van der Waals surface area contributed by atoms with Gasteiger partial charge in [-0.25, -0.2) is 0 Å². The Morgan fingerprint density at radius 3 is 1.17 bits per heavy atom. The third-order valence-electron chi connectivity index (χ3n) is 4.97. The van der Waals surface area contributed by atoms with Crippen molar-refractivity contribution >= 4 is 0 Å². The maximum Gasteiger partial charge on any atom is -0.00773 e. The van der Waals surface area contributed by atoms with Crippen LogP contribution in [0.5, 0.6) is 0 Å². The lowest BCUT2D eigenvalue weighted by Gasteiger charge is -2.02. The van der Waals surface area contributed by atoms with E-state index in [0.29, 0.717) is 0 Å². The van der Waals surface area contributed by atoms with Gasteiger partial charge in [-0.2, -0.15) is 0 Å². The quantitative estimate of drug-likeness (QED) is 0.177. The molecule has 1 nitrogen and oxygen atoms in total. The third-order valence-corrected chi connectivity index (χ3v) is 4.97. The second kappa shape index (κ2) is 22.7. The van der Waals surface area contributed by atoms with Gasteiger partial charge in [0.25, 0.3) is 0 Å². The largest absolute Gasteiger partial charge is 0.330 e. The number of hydrogen-bond donors (Lipinski definition) is 1. The zero-order chi connectivity index (χ0) is 17.6. The molecule has 0 aromatic carbocycles. The number of unbranched alkanes of at least 4 members (excludes halogenated alkanes) is 17. The van der Waals surface area contributed by atoms with E-state index >= 15 is 0 Å². The predicted octanol–water partition coefficient (Wildman–Crippen LogP) is 7.93. The molecule has 0 atom stereocenters. The van der Waals surface area contributed by atoms with Crippen molar-refractivity contribution in [2.24, 2.45) is 5.73 Å². The molecular formula is C23H47N. The van der Waals surface area contributed by atoms with E-state index in [1.165, 1.54) is 122 Å². The number of allylic oxidation sites excluding steroid dienone is 2. The van der Waals surface area contributed by atoms with Crippen LogP contribution in [0.25, 0.3) is 0 Å². The molecule has 0 aromatic rings. The van der Waals surface area contributed by atoms with E-state index in [2.05, 4.69) is 19.1 Å². The van der Waals surface area contributed by atoms with E-state index in [9.17, 15) is 0 Å². The molecule has 0 saturated heterocycles. The van der Waals surface area contributed by atoms with Crippen molar-refractivity contribution in [1.82, 2.24) is 0 Å². The summed E-state index contributed by atoms with van der Waals surface area (Å²) in [6, 6.07) is 0. The van der Waals surface area contributed by atoms with Crippen LogP contribution in [0.1, 0.15) is 129 Å². The summed E-state index contributed by atoms with van der Waals surface area (Å²) in [6.07, 6.45) is 31.4. The van der Waals surface area contributed by atoms with E-state index in [1.54, 1.807) is 0 Å². The van der Waals surface area contributed by atoms with Crippen LogP contribution in [0.2, 0.25) is 0 Å². The Balaban J connectivity index is 3.02. The molecule has 0 aliphatic rings. The number of hydrogen-bond acceptors (Lipinski definition) is 1. The summed E-state index contributed by atoms with van der Waals surface area (Å²) < 4.78 is 0. The summed E-state index contributed by atoms with van der Waals surface area (Å²) in [5.41, 5.74) is 5.50. The molecule has 0 radical (unpaired) electrons. The lowest BCUT2D eigenvalue weighted by Crippen LogP contribution is -1.97. The van der Waals surface area contributed by atoms with Gasteiger partial charge in [0.2, 0.25) is 0 Å². The molecule has 0 heterocycles. The van der Waals surface area contributed by atoms with E-state index in [1.807, 2.05) is 0 Å². The minimum absolute atomic E-state index is 0.856. The zero-order valence-corrected chi connectivity index (χ0v) is 16.9. The molecule has 0 unspecified atom stereocenters. The highest BCUT2D eigenvalue weighted by atomic mass is 14.5. The first-order valence-electron chi connectivity index (χ1n) is 11.3. The second-order valence-electron chi connectivity index (χ2n) is 7.49. The van der Waals surface area contributed by atoms with Crippen molar-refractivity contribution in [3.05, 3.63) is 12.2 Å². The fourth-order valence-electron chi connectivity index (χ4n) is 3.28. The van der Waals surface area contributed by atoms with Crippen molar-refractivity contribution in [3.63, 3.8) is 0 Å². The molecule has 0 amide bonds. The highest BCUT2D eigenvalue weighted by Crippen LogP contribution is 2.13. The van der Waals surface area contributed by atoms with Crippen LogP contribution in [0.4, 0.5) is 0 Å². The van der Waals surface area contributed by atoms with Crippen LogP contribution >= 0.6 is 0 Å². The highest BCUT2D eigenvalue weighted by molar-refractivity contribution is 4.81. The van der Waals surface area contributed by atoms with Crippen molar-refractivity contribution in [1.29, 1.82) is 0 Å². The molecule has 0 spiro atoms. The maximum atomic E-state index is 5.50. The summed E-state index contributed by atoms with van der Waals surface area (Å²) in [4.78, 5) is 0. The molecule has 24 heavy (non-hydrogen) atoms. The summed E-state index contributed by atoms with van der Waals surface area (Å²) >= 11 is 0. The van der Waals surface area contributed by atoms with Gasteiger partial charge in [0.05, 0.1) is 0 Å². The lowest BCUT2D eigenvalue weighted by atomic mass is 10.0. The molecule has 0 saturated carbocycles. The van der Waals surface area contributed by atoms with Gasteiger partial charge in [0.1, 0.15) is 0 Å². The van der Waals surface area contributed by atoms with E-state index in [-0.39, 0.29) is 0 Å². The topological polar surface area (TPSA) is 26.0 Å². The normalized spacial score (nSPS) is 11.6. The van der Waals surface area contributed by atoms with Crippen LogP contribution < -0.4 is 5.73 Å². The minimum Gasteiger partial charge on any atom is -0.330 e. The monoisotopic (exact) mass is 337 g/mol. The molecule has 0 rings (SSSR count). The van der Waals surface area contributed by atoms with E-state index in [0.717, 1.165) is 6.54 Å². The Morgan fingerprint density at radius 2 is 0.792 bits per heavy atom. The number of rotatable bonds is 20. The summed E-state index contributed by atoms with van der Waals surface area (Å²) in [6.45, 7) is 3.15. The Kier molecular flexibility index (Phi) is 22.4. The second-order valence-corrected chi connectivity index (χ2v) is 7.49. The first-order valence-corrected chi connectivity index (χ1v) is 11.3. The van der Waals surface area contributed by atoms with Crippen LogP contribution in [0.3, 0.4) is 0 Å². The Bertz CT molecular complexity index is 234. The standard InChI is InChI=1S/C23H47N/c1-2-3-4-5-6-7-8-9-10-11-12-13-14-15-16-17-18-19-20-21-22-23-24/h16-17H,2-15,18-24H2,1H3/b17-16+. The van der Waals surface area contributed by atoms with E-state index in [4.69, 9.17) is 5.73 Å². The number of nitrogens with two attached hydrogens (primary N) is 1. The van der Waals surface area contributed by atoms with Crippen molar-refractivity contribution in [2.45, 2.75) is 129 Å². The van der Waals surface area contributed by atoms with Crippen LogP contribution in [-0.2, 0) is 0 Å². The summed E-state index contributed by atoms with van der Waals surface area (Å²) in [5, 5.41) is 0. The molecule has 2 N–H and O–H groups in total. The minimum atomic E-state index is 0.856. The average Bonchev–Trinajstić information content (AvgIpc) is 2.60. The summed E-state index contributed by atoms with van der Waals surface area (Å²) in [7, 11) is 0. The molecule has 0 bridgehead atoms. The van der Waals surface area contributed by atoms with Gasteiger partial charge in [-0.05, 0) is 38.6 Å². The molecule has 144 valence electrons. The molecule has 0 aromatic heterocycles. The molecule has 1 heteroatoms. The maximum absolute atomic E-state index is 5.50. The Labute approximate surface area is 153 Å². The first-order chi connectivity index (χ1) is 11.9. The lowest BCUT2D eigenvalue weighted by molar-refractivity contribution is 0.540. The van der Waals surface area contributed by atoms with Gasteiger partial charge in [-0.1, -0.05) is 109 Å².